The third-order valence-electron chi connectivity index (χ3n) is 3.65. The zero-order valence-electron chi connectivity index (χ0n) is 14.5. The molecule has 7 heteroatoms. The predicted octanol–water partition coefficient (Wildman–Crippen LogP) is 1.42. The smallest absolute Gasteiger partial charge is 0.343 e. The van der Waals surface area contributed by atoms with E-state index in [0.717, 1.165) is 0 Å². The van der Waals surface area contributed by atoms with Crippen LogP contribution in [0.5, 0.6) is 0 Å². The van der Waals surface area contributed by atoms with Gasteiger partial charge in [0.2, 0.25) is 0 Å². The summed E-state index contributed by atoms with van der Waals surface area (Å²) in [7, 11) is 2.44. The highest BCUT2D eigenvalue weighted by molar-refractivity contribution is 5.96. The molecule has 2 atom stereocenters. The van der Waals surface area contributed by atoms with E-state index in [1.807, 2.05) is 0 Å². The third-order valence-corrected chi connectivity index (χ3v) is 3.65. The Hall–Kier alpha value is -3.19. The molecule has 0 bridgehead atoms. The second-order valence-corrected chi connectivity index (χ2v) is 5.33. The Kier molecular flexibility index (Phi) is 6.87. The minimum atomic E-state index is -1.24. The van der Waals surface area contributed by atoms with Crippen LogP contribution < -0.4 is 10.6 Å². The Bertz CT molecular complexity index is 749. The summed E-state index contributed by atoms with van der Waals surface area (Å²) in [5.41, 5.74) is 0.958. The lowest BCUT2D eigenvalue weighted by Crippen LogP contribution is -2.53. The van der Waals surface area contributed by atoms with Crippen LogP contribution in [-0.4, -0.2) is 38.2 Å². The highest BCUT2D eigenvalue weighted by Gasteiger charge is 2.30. The van der Waals surface area contributed by atoms with Crippen molar-refractivity contribution in [2.45, 2.75) is 12.2 Å². The fourth-order valence-corrected chi connectivity index (χ4v) is 2.32. The summed E-state index contributed by atoms with van der Waals surface area (Å²) in [6, 6.07) is 16.2. The topological polar surface area (TPSA) is 93.7 Å². The Morgan fingerprint density at radius 3 is 1.88 bits per heavy atom. The minimum absolute atomic E-state index is 0.373. The van der Waals surface area contributed by atoms with E-state index in [0.29, 0.717) is 11.1 Å². The molecule has 2 N–H and O–H groups in total. The van der Waals surface area contributed by atoms with E-state index in [9.17, 15) is 14.4 Å². The summed E-state index contributed by atoms with van der Waals surface area (Å²) in [5, 5.41) is 5.32. The first kappa shape index (κ1) is 19.1. The van der Waals surface area contributed by atoms with Crippen molar-refractivity contribution in [2.24, 2.45) is 0 Å². The number of esters is 2. The van der Waals surface area contributed by atoms with E-state index in [2.05, 4.69) is 10.6 Å². The fourth-order valence-electron chi connectivity index (χ4n) is 2.32. The average Bonchev–Trinajstić information content (AvgIpc) is 2.71. The summed E-state index contributed by atoms with van der Waals surface area (Å²) >= 11 is 0. The van der Waals surface area contributed by atoms with E-state index in [-0.39, 0.29) is 0 Å². The lowest BCUT2D eigenvalue weighted by atomic mass is 10.1. The number of ether oxygens (including phenoxy) is 2. The molecule has 0 saturated heterocycles. The van der Waals surface area contributed by atoms with Gasteiger partial charge in [-0.2, -0.15) is 0 Å². The van der Waals surface area contributed by atoms with Gasteiger partial charge in [0, 0.05) is 5.56 Å². The van der Waals surface area contributed by atoms with Crippen molar-refractivity contribution in [1.29, 1.82) is 0 Å². The molecular weight excluding hydrogens is 336 g/mol. The molecule has 0 aromatic heterocycles. The lowest BCUT2D eigenvalue weighted by molar-refractivity contribution is -0.147. The van der Waals surface area contributed by atoms with Crippen molar-refractivity contribution < 1.29 is 23.9 Å². The standard InChI is InChI=1S/C19H20N2O5/c1-25-18(23)15(13-9-5-3-6-10-13)20-16(19(24)26-2)21-17(22)14-11-7-4-8-12-14/h3-12,15-16,20H,1-2H3,(H,21,22)/t15-,16-/m1/s1. The Labute approximate surface area is 151 Å². The number of amides is 1. The maximum Gasteiger partial charge on any atom is 0.343 e. The van der Waals surface area contributed by atoms with E-state index >= 15 is 0 Å². The second kappa shape index (κ2) is 9.33. The van der Waals surface area contributed by atoms with Crippen LogP contribution in [0.1, 0.15) is 22.0 Å². The molecule has 0 spiro atoms. The molecule has 7 nitrogen and oxygen atoms in total. The molecule has 0 aliphatic carbocycles. The first-order chi connectivity index (χ1) is 12.6. The average molecular weight is 356 g/mol. The van der Waals surface area contributed by atoms with Gasteiger partial charge in [-0.15, -0.1) is 0 Å². The van der Waals surface area contributed by atoms with Gasteiger partial charge in [0.15, 0.2) is 6.17 Å². The van der Waals surface area contributed by atoms with Crippen LogP contribution in [0.15, 0.2) is 60.7 Å². The van der Waals surface area contributed by atoms with E-state index in [1.54, 1.807) is 60.7 Å². The van der Waals surface area contributed by atoms with Crippen LogP contribution in [0.3, 0.4) is 0 Å². The number of carbonyl (C=O) groups is 3. The summed E-state index contributed by atoms with van der Waals surface area (Å²) in [6.45, 7) is 0. The van der Waals surface area contributed by atoms with Crippen LogP contribution in [0, 0.1) is 0 Å². The molecule has 0 fully saturated rings. The lowest BCUT2D eigenvalue weighted by Gasteiger charge is -2.23. The van der Waals surface area contributed by atoms with Crippen LogP contribution in [0.2, 0.25) is 0 Å². The highest BCUT2D eigenvalue weighted by atomic mass is 16.5. The maximum absolute atomic E-state index is 12.4. The molecule has 0 radical (unpaired) electrons. The minimum Gasteiger partial charge on any atom is -0.468 e. The number of carbonyl (C=O) groups excluding carboxylic acids is 3. The molecule has 0 heterocycles. The van der Waals surface area contributed by atoms with Crippen molar-refractivity contribution in [2.75, 3.05) is 14.2 Å². The second-order valence-electron chi connectivity index (χ2n) is 5.33. The number of methoxy groups -OCH3 is 2. The fraction of sp³-hybridized carbons (Fsp3) is 0.211. The van der Waals surface area contributed by atoms with Crippen molar-refractivity contribution in [1.82, 2.24) is 10.6 Å². The molecule has 0 unspecified atom stereocenters. The van der Waals surface area contributed by atoms with Gasteiger partial charge in [0.05, 0.1) is 14.2 Å². The van der Waals surface area contributed by atoms with Crippen molar-refractivity contribution in [3.63, 3.8) is 0 Å². The maximum atomic E-state index is 12.4. The van der Waals surface area contributed by atoms with Gasteiger partial charge in [0.1, 0.15) is 6.04 Å². The summed E-state index contributed by atoms with van der Waals surface area (Å²) < 4.78 is 9.54. The first-order valence-corrected chi connectivity index (χ1v) is 7.89. The molecule has 1 amide bonds. The SMILES string of the molecule is COC(=O)[C@@H](NC(=O)c1ccccc1)N[C@@H](C(=O)OC)c1ccccc1. The Morgan fingerprint density at radius 1 is 0.808 bits per heavy atom. The highest BCUT2D eigenvalue weighted by Crippen LogP contribution is 2.15. The third kappa shape index (κ3) is 4.90. The van der Waals surface area contributed by atoms with E-state index in [4.69, 9.17) is 9.47 Å². The van der Waals surface area contributed by atoms with Gasteiger partial charge >= 0.3 is 11.9 Å². The Morgan fingerprint density at radius 2 is 1.35 bits per heavy atom. The number of benzene rings is 2. The molecule has 2 aromatic carbocycles. The van der Waals surface area contributed by atoms with Gasteiger partial charge in [0.25, 0.3) is 5.91 Å². The summed E-state index contributed by atoms with van der Waals surface area (Å²) in [6.07, 6.45) is -1.24. The van der Waals surface area contributed by atoms with Crippen LogP contribution in [0.25, 0.3) is 0 Å². The number of hydrogen-bond acceptors (Lipinski definition) is 6. The molecule has 0 aliphatic rings. The van der Waals surface area contributed by atoms with Crippen molar-refractivity contribution in [3.8, 4) is 0 Å². The van der Waals surface area contributed by atoms with Crippen LogP contribution >= 0.6 is 0 Å². The quantitative estimate of drug-likeness (QED) is 0.576. The number of nitrogens with one attached hydrogen (secondary N) is 2. The van der Waals surface area contributed by atoms with Crippen molar-refractivity contribution >= 4 is 17.8 Å². The van der Waals surface area contributed by atoms with Crippen LogP contribution in [-0.2, 0) is 19.1 Å². The van der Waals surface area contributed by atoms with E-state index < -0.39 is 30.1 Å². The molecule has 2 rings (SSSR count). The molecular formula is C19H20N2O5. The van der Waals surface area contributed by atoms with Gasteiger partial charge in [-0.3, -0.25) is 10.1 Å². The molecule has 0 aliphatic heterocycles. The van der Waals surface area contributed by atoms with Gasteiger partial charge in [-0.25, -0.2) is 9.59 Å². The monoisotopic (exact) mass is 356 g/mol. The van der Waals surface area contributed by atoms with E-state index in [1.165, 1.54) is 14.2 Å². The van der Waals surface area contributed by atoms with Gasteiger partial charge < -0.3 is 14.8 Å². The largest absolute Gasteiger partial charge is 0.468 e. The normalized spacial score (nSPS) is 12.5. The molecule has 26 heavy (non-hydrogen) atoms. The van der Waals surface area contributed by atoms with Gasteiger partial charge in [-0.05, 0) is 17.7 Å². The summed E-state index contributed by atoms with van der Waals surface area (Å²) in [5.74, 6) is -1.82. The molecule has 2 aromatic rings. The summed E-state index contributed by atoms with van der Waals surface area (Å²) in [4.78, 5) is 36.6. The molecule has 136 valence electrons. The molecule has 0 saturated carbocycles. The zero-order valence-corrected chi connectivity index (χ0v) is 14.5. The van der Waals surface area contributed by atoms with Gasteiger partial charge in [-0.1, -0.05) is 48.5 Å². The predicted molar refractivity (Wildman–Crippen MR) is 94.0 cm³/mol. The van der Waals surface area contributed by atoms with Crippen molar-refractivity contribution in [3.05, 3.63) is 71.8 Å². The first-order valence-electron chi connectivity index (χ1n) is 7.89. The number of hydrogen-bond donors (Lipinski definition) is 2. The zero-order chi connectivity index (χ0) is 18.9. The number of rotatable bonds is 7. The Balaban J connectivity index is 2.23. The van der Waals surface area contributed by atoms with Crippen LogP contribution in [0.4, 0.5) is 0 Å².